The summed E-state index contributed by atoms with van der Waals surface area (Å²) in [5, 5.41) is 3.26. The van der Waals surface area contributed by atoms with Crippen LogP contribution in [0.2, 0.25) is 0 Å². The quantitative estimate of drug-likeness (QED) is 0.807. The molecule has 0 atom stereocenters. The van der Waals surface area contributed by atoms with E-state index in [1.54, 1.807) is 12.4 Å². The Bertz CT molecular complexity index is 523. The molecule has 0 radical (unpaired) electrons. The van der Waals surface area contributed by atoms with Gasteiger partial charge in [-0.15, -0.1) is 0 Å². The first-order chi connectivity index (χ1) is 10.3. The van der Waals surface area contributed by atoms with Gasteiger partial charge in [-0.05, 0) is 36.6 Å². The van der Waals surface area contributed by atoms with Crippen molar-refractivity contribution in [1.29, 1.82) is 0 Å². The molecule has 0 saturated carbocycles. The molecule has 1 N–H and O–H groups in total. The monoisotopic (exact) mass is 285 g/mol. The van der Waals surface area contributed by atoms with E-state index in [1.807, 2.05) is 24.4 Å². The van der Waals surface area contributed by atoms with E-state index in [4.69, 9.17) is 0 Å². The number of aromatic nitrogens is 3. The second kappa shape index (κ2) is 8.19. The lowest BCUT2D eigenvalue weighted by Crippen LogP contribution is -2.26. The summed E-state index contributed by atoms with van der Waals surface area (Å²) in [5.74, 6) is 1.66. The molecule has 0 amide bonds. The zero-order valence-corrected chi connectivity index (χ0v) is 12.8. The summed E-state index contributed by atoms with van der Waals surface area (Å²) < 4.78 is 0. The molecule has 0 aliphatic carbocycles. The van der Waals surface area contributed by atoms with Crippen molar-refractivity contribution < 1.29 is 0 Å². The molecule has 0 aromatic carbocycles. The predicted octanol–water partition coefficient (Wildman–Crippen LogP) is 3.11. The zero-order chi connectivity index (χ0) is 14.9. The van der Waals surface area contributed by atoms with Gasteiger partial charge < -0.3 is 10.2 Å². The summed E-state index contributed by atoms with van der Waals surface area (Å²) in [4.78, 5) is 15.2. The van der Waals surface area contributed by atoms with Gasteiger partial charge in [0.2, 0.25) is 5.95 Å². The minimum atomic E-state index is 0.668. The van der Waals surface area contributed by atoms with Gasteiger partial charge >= 0.3 is 0 Å². The van der Waals surface area contributed by atoms with Crippen molar-refractivity contribution in [2.24, 2.45) is 0 Å². The van der Waals surface area contributed by atoms with E-state index in [-0.39, 0.29) is 0 Å². The average Bonchev–Trinajstić information content (AvgIpc) is 2.54. The highest BCUT2D eigenvalue weighted by Gasteiger charge is 2.07. The summed E-state index contributed by atoms with van der Waals surface area (Å²) in [6, 6.07) is 5.94. The lowest BCUT2D eigenvalue weighted by Gasteiger charge is -2.22. The summed E-state index contributed by atoms with van der Waals surface area (Å²) in [7, 11) is 0. The molecule has 2 aromatic heterocycles. The highest BCUT2D eigenvalue weighted by atomic mass is 15.2. The summed E-state index contributed by atoms with van der Waals surface area (Å²) >= 11 is 0. The molecule has 2 aromatic rings. The van der Waals surface area contributed by atoms with E-state index in [0.29, 0.717) is 12.5 Å². The predicted molar refractivity (Wildman–Crippen MR) is 86.4 cm³/mol. The molecule has 0 aliphatic heterocycles. The van der Waals surface area contributed by atoms with Gasteiger partial charge in [0.25, 0.3) is 0 Å². The van der Waals surface area contributed by atoms with Gasteiger partial charge in [0, 0.05) is 38.2 Å². The van der Waals surface area contributed by atoms with Crippen molar-refractivity contribution >= 4 is 11.8 Å². The van der Waals surface area contributed by atoms with Crippen LogP contribution < -0.4 is 10.2 Å². The molecule has 0 bridgehead atoms. The fourth-order valence-corrected chi connectivity index (χ4v) is 2.17. The van der Waals surface area contributed by atoms with E-state index in [0.717, 1.165) is 37.3 Å². The van der Waals surface area contributed by atoms with Crippen LogP contribution in [0.4, 0.5) is 11.8 Å². The van der Waals surface area contributed by atoms with Crippen molar-refractivity contribution in [2.75, 3.05) is 23.3 Å². The molecule has 5 heteroatoms. The Morgan fingerprint density at radius 3 is 2.38 bits per heavy atom. The largest absolute Gasteiger partial charge is 0.356 e. The lowest BCUT2D eigenvalue weighted by atomic mass is 10.3. The van der Waals surface area contributed by atoms with Crippen molar-refractivity contribution in [3.63, 3.8) is 0 Å². The van der Waals surface area contributed by atoms with Crippen molar-refractivity contribution in [3.05, 3.63) is 42.4 Å². The van der Waals surface area contributed by atoms with Gasteiger partial charge in [-0.2, -0.15) is 4.98 Å². The van der Waals surface area contributed by atoms with Crippen molar-refractivity contribution in [3.8, 4) is 0 Å². The van der Waals surface area contributed by atoms with Gasteiger partial charge in [0.05, 0.1) is 0 Å². The second-order valence-corrected chi connectivity index (χ2v) is 4.93. The zero-order valence-electron chi connectivity index (χ0n) is 12.8. The van der Waals surface area contributed by atoms with Crippen molar-refractivity contribution in [2.45, 2.75) is 33.2 Å². The maximum atomic E-state index is 4.61. The first kappa shape index (κ1) is 15.2. The number of anilines is 2. The van der Waals surface area contributed by atoms with Crippen LogP contribution in [0.5, 0.6) is 0 Å². The molecule has 0 unspecified atom stereocenters. The second-order valence-electron chi connectivity index (χ2n) is 4.93. The third-order valence-corrected chi connectivity index (χ3v) is 3.15. The Kier molecular flexibility index (Phi) is 5.94. The molecular formula is C16H23N5. The Labute approximate surface area is 126 Å². The first-order valence-electron chi connectivity index (χ1n) is 7.54. The smallest absolute Gasteiger partial charge is 0.224 e. The molecule has 0 aliphatic rings. The Morgan fingerprint density at radius 1 is 1.00 bits per heavy atom. The number of rotatable bonds is 8. The third kappa shape index (κ3) is 4.70. The minimum absolute atomic E-state index is 0.668. The van der Waals surface area contributed by atoms with Crippen LogP contribution in [0.25, 0.3) is 0 Å². The number of nitrogens with zero attached hydrogens (tertiary/aromatic N) is 4. The number of hydrogen-bond donors (Lipinski definition) is 1. The molecule has 2 heterocycles. The van der Waals surface area contributed by atoms with Crippen LogP contribution in [-0.4, -0.2) is 28.0 Å². The van der Waals surface area contributed by atoms with E-state index in [2.05, 4.69) is 39.0 Å². The number of pyridine rings is 1. The van der Waals surface area contributed by atoms with E-state index < -0.39 is 0 Å². The standard InChI is InChI=1S/C16H23N5/c1-3-11-21(12-4-2)15-7-10-18-16(20-15)19-13-14-5-8-17-9-6-14/h5-10H,3-4,11-13H2,1-2H3,(H,18,19,20). The Hall–Kier alpha value is -2.17. The van der Waals surface area contributed by atoms with Crippen LogP contribution >= 0.6 is 0 Å². The molecule has 0 fully saturated rings. The van der Waals surface area contributed by atoms with Gasteiger partial charge in [-0.1, -0.05) is 13.8 Å². The van der Waals surface area contributed by atoms with E-state index in [9.17, 15) is 0 Å². The highest BCUT2D eigenvalue weighted by molar-refractivity contribution is 5.42. The summed E-state index contributed by atoms with van der Waals surface area (Å²) in [6.07, 6.45) is 7.63. The maximum Gasteiger partial charge on any atom is 0.224 e. The minimum Gasteiger partial charge on any atom is -0.356 e. The number of nitrogens with one attached hydrogen (secondary N) is 1. The average molecular weight is 285 g/mol. The molecule has 2 rings (SSSR count). The maximum absolute atomic E-state index is 4.61. The molecule has 0 saturated heterocycles. The molecule has 21 heavy (non-hydrogen) atoms. The van der Waals surface area contributed by atoms with Crippen molar-refractivity contribution in [1.82, 2.24) is 15.0 Å². The van der Waals surface area contributed by atoms with Crippen LogP contribution in [-0.2, 0) is 6.54 Å². The Balaban J connectivity index is 2.02. The van der Waals surface area contributed by atoms with Gasteiger partial charge in [-0.3, -0.25) is 4.98 Å². The fourth-order valence-electron chi connectivity index (χ4n) is 2.17. The van der Waals surface area contributed by atoms with E-state index >= 15 is 0 Å². The third-order valence-electron chi connectivity index (χ3n) is 3.15. The Morgan fingerprint density at radius 2 is 1.71 bits per heavy atom. The van der Waals surface area contributed by atoms with Crippen LogP contribution in [0.1, 0.15) is 32.3 Å². The van der Waals surface area contributed by atoms with Crippen LogP contribution in [0, 0.1) is 0 Å². The molecular weight excluding hydrogens is 262 g/mol. The van der Waals surface area contributed by atoms with Gasteiger partial charge in [0.1, 0.15) is 5.82 Å². The van der Waals surface area contributed by atoms with Crippen LogP contribution in [0.15, 0.2) is 36.8 Å². The SMILES string of the molecule is CCCN(CCC)c1ccnc(NCc2ccncc2)n1. The topological polar surface area (TPSA) is 53.9 Å². The first-order valence-corrected chi connectivity index (χ1v) is 7.54. The summed E-state index contributed by atoms with van der Waals surface area (Å²) in [6.45, 7) is 7.12. The van der Waals surface area contributed by atoms with Gasteiger partial charge in [-0.25, -0.2) is 4.98 Å². The summed E-state index contributed by atoms with van der Waals surface area (Å²) in [5.41, 5.74) is 1.16. The van der Waals surface area contributed by atoms with E-state index in [1.165, 1.54) is 0 Å². The highest BCUT2D eigenvalue weighted by Crippen LogP contribution is 2.13. The fraction of sp³-hybridized carbons (Fsp3) is 0.438. The number of hydrogen-bond acceptors (Lipinski definition) is 5. The normalized spacial score (nSPS) is 10.4. The molecule has 5 nitrogen and oxygen atoms in total. The van der Waals surface area contributed by atoms with Crippen LogP contribution in [0.3, 0.4) is 0 Å². The molecule has 0 spiro atoms. The lowest BCUT2D eigenvalue weighted by molar-refractivity contribution is 0.733. The van der Waals surface area contributed by atoms with Gasteiger partial charge in [0.15, 0.2) is 0 Å². The molecule has 112 valence electrons.